The van der Waals surface area contributed by atoms with E-state index in [1.807, 2.05) is 18.2 Å². The van der Waals surface area contributed by atoms with Crippen LogP contribution in [0.4, 0.5) is 11.4 Å². The van der Waals surface area contributed by atoms with E-state index in [-0.39, 0.29) is 35.1 Å². The van der Waals surface area contributed by atoms with Crippen molar-refractivity contribution in [3.05, 3.63) is 90.0 Å². The highest BCUT2D eigenvalue weighted by molar-refractivity contribution is 6.22. The Kier molecular flexibility index (Phi) is 7.22. The largest absolute Gasteiger partial charge is 0.495 e. The lowest BCUT2D eigenvalue weighted by molar-refractivity contribution is -0.122. The second-order valence-electron chi connectivity index (χ2n) is 9.52. The van der Waals surface area contributed by atoms with Gasteiger partial charge in [0.15, 0.2) is 6.61 Å². The van der Waals surface area contributed by atoms with E-state index < -0.39 is 18.5 Å². The van der Waals surface area contributed by atoms with E-state index in [0.29, 0.717) is 30.0 Å². The van der Waals surface area contributed by atoms with Gasteiger partial charge in [-0.2, -0.15) is 0 Å². The minimum atomic E-state index is -0.734. The molecule has 5 rings (SSSR count). The molecule has 1 aliphatic heterocycles. The maximum atomic E-state index is 13.4. The summed E-state index contributed by atoms with van der Waals surface area (Å²) in [6.45, 7) is -0.506. The Morgan fingerprint density at radius 1 is 0.895 bits per heavy atom. The van der Waals surface area contributed by atoms with Gasteiger partial charge in [0, 0.05) is 0 Å². The van der Waals surface area contributed by atoms with Gasteiger partial charge in [-0.15, -0.1) is 0 Å². The third-order valence-corrected chi connectivity index (χ3v) is 7.25. The van der Waals surface area contributed by atoms with Gasteiger partial charge in [0.1, 0.15) is 5.75 Å². The van der Waals surface area contributed by atoms with Gasteiger partial charge in [-0.05, 0) is 61.1 Å². The summed E-state index contributed by atoms with van der Waals surface area (Å²) in [6, 6.07) is 23.2. The minimum Gasteiger partial charge on any atom is -0.495 e. The molecule has 3 aromatic rings. The molecule has 3 amide bonds. The van der Waals surface area contributed by atoms with Crippen LogP contribution in [-0.2, 0) is 19.1 Å². The summed E-state index contributed by atoms with van der Waals surface area (Å²) in [4.78, 5) is 52.8. The van der Waals surface area contributed by atoms with E-state index in [2.05, 4.69) is 17.4 Å². The third kappa shape index (κ3) is 5.02. The van der Waals surface area contributed by atoms with Crippen molar-refractivity contribution in [2.75, 3.05) is 23.9 Å². The summed E-state index contributed by atoms with van der Waals surface area (Å²) in [5.41, 5.74) is 2.12. The number of ether oxygens (including phenoxy) is 2. The number of esters is 1. The van der Waals surface area contributed by atoms with Crippen LogP contribution in [0.1, 0.15) is 41.1 Å². The Labute approximate surface area is 220 Å². The van der Waals surface area contributed by atoms with Gasteiger partial charge >= 0.3 is 5.97 Å². The van der Waals surface area contributed by atoms with Crippen LogP contribution in [0, 0.1) is 11.8 Å². The SMILES string of the molecule is COc1ccccc1NC(=O)COC(=O)c1cccc(N2C(=O)[C@H]3C[C@@H](c4ccccc4)CC[C@H]3C2=O)c1. The van der Waals surface area contributed by atoms with E-state index in [0.717, 1.165) is 6.42 Å². The van der Waals surface area contributed by atoms with Crippen LogP contribution in [0.25, 0.3) is 0 Å². The number of nitrogens with zero attached hydrogens (tertiary/aromatic N) is 1. The number of hydrogen-bond acceptors (Lipinski definition) is 6. The summed E-state index contributed by atoms with van der Waals surface area (Å²) >= 11 is 0. The molecular weight excluding hydrogens is 484 g/mol. The lowest BCUT2D eigenvalue weighted by Crippen LogP contribution is -2.31. The second-order valence-corrected chi connectivity index (χ2v) is 9.52. The molecular formula is C30H28N2O6. The molecule has 0 spiro atoms. The standard InChI is InChI=1S/C30H28N2O6/c1-37-26-13-6-5-12-25(26)31-27(33)18-38-30(36)21-10-7-11-22(16-21)32-28(34)23-15-14-20(17-24(23)29(32)35)19-8-3-2-4-9-19/h2-13,16,20,23-24H,14-15,17-18H2,1H3,(H,31,33)/t20-,23+,24-/m0/s1. The van der Waals surface area contributed by atoms with Gasteiger partial charge in [0.05, 0.1) is 35.9 Å². The Bertz CT molecular complexity index is 1370. The van der Waals surface area contributed by atoms with Crippen LogP contribution in [0.5, 0.6) is 5.75 Å². The van der Waals surface area contributed by atoms with Crippen molar-refractivity contribution in [3.8, 4) is 5.75 Å². The smallest absolute Gasteiger partial charge is 0.338 e. The molecule has 1 saturated carbocycles. The molecule has 38 heavy (non-hydrogen) atoms. The topological polar surface area (TPSA) is 102 Å². The molecule has 3 aromatic carbocycles. The van der Waals surface area contributed by atoms with Crippen molar-refractivity contribution in [2.24, 2.45) is 11.8 Å². The van der Waals surface area contributed by atoms with Gasteiger partial charge in [-0.1, -0.05) is 48.5 Å². The monoisotopic (exact) mass is 512 g/mol. The lowest BCUT2D eigenvalue weighted by atomic mass is 9.73. The molecule has 0 aromatic heterocycles. The molecule has 3 atom stereocenters. The average molecular weight is 513 g/mol. The molecule has 0 unspecified atom stereocenters. The molecule has 194 valence electrons. The zero-order valence-electron chi connectivity index (χ0n) is 21.0. The first kappa shape index (κ1) is 25.2. The van der Waals surface area contributed by atoms with Crippen molar-refractivity contribution in [1.29, 1.82) is 0 Å². The predicted octanol–water partition coefficient (Wildman–Crippen LogP) is 4.56. The van der Waals surface area contributed by atoms with E-state index in [9.17, 15) is 19.2 Å². The number of rotatable bonds is 7. The highest BCUT2D eigenvalue weighted by Gasteiger charge is 2.50. The number of para-hydroxylation sites is 2. The molecule has 0 bridgehead atoms. The lowest BCUT2D eigenvalue weighted by Gasteiger charge is -2.28. The number of methoxy groups -OCH3 is 1. The van der Waals surface area contributed by atoms with Crippen LogP contribution in [0.2, 0.25) is 0 Å². The van der Waals surface area contributed by atoms with Crippen LogP contribution in [-0.4, -0.2) is 37.4 Å². The van der Waals surface area contributed by atoms with Crippen molar-refractivity contribution in [1.82, 2.24) is 0 Å². The number of carbonyl (C=O) groups excluding carboxylic acids is 4. The van der Waals surface area contributed by atoms with Crippen molar-refractivity contribution in [3.63, 3.8) is 0 Å². The first-order chi connectivity index (χ1) is 18.5. The molecule has 2 fully saturated rings. The number of nitrogens with one attached hydrogen (secondary N) is 1. The summed E-state index contributed by atoms with van der Waals surface area (Å²) in [5.74, 6) is -1.74. The Balaban J connectivity index is 1.24. The average Bonchev–Trinajstić information content (AvgIpc) is 3.21. The maximum absolute atomic E-state index is 13.4. The summed E-state index contributed by atoms with van der Waals surface area (Å²) in [6.07, 6.45) is 2.12. The summed E-state index contributed by atoms with van der Waals surface area (Å²) < 4.78 is 10.4. The molecule has 1 aliphatic carbocycles. The number of fused-ring (bicyclic) bond motifs is 1. The van der Waals surface area contributed by atoms with Crippen LogP contribution < -0.4 is 15.0 Å². The van der Waals surface area contributed by atoms with Crippen molar-refractivity contribution in [2.45, 2.75) is 25.2 Å². The fourth-order valence-electron chi connectivity index (χ4n) is 5.38. The van der Waals surface area contributed by atoms with E-state index in [1.165, 1.54) is 29.7 Å². The zero-order valence-corrected chi connectivity index (χ0v) is 21.0. The van der Waals surface area contributed by atoms with Crippen LogP contribution >= 0.6 is 0 Å². The van der Waals surface area contributed by atoms with Gasteiger partial charge in [-0.3, -0.25) is 19.3 Å². The fraction of sp³-hybridized carbons (Fsp3) is 0.267. The highest BCUT2D eigenvalue weighted by atomic mass is 16.5. The number of amides is 3. The third-order valence-electron chi connectivity index (χ3n) is 7.25. The number of anilines is 2. The summed E-state index contributed by atoms with van der Waals surface area (Å²) in [5, 5.41) is 2.64. The molecule has 0 radical (unpaired) electrons. The van der Waals surface area contributed by atoms with Gasteiger partial charge in [0.25, 0.3) is 5.91 Å². The van der Waals surface area contributed by atoms with E-state index in [1.54, 1.807) is 36.4 Å². The molecule has 2 aliphatic rings. The first-order valence-corrected chi connectivity index (χ1v) is 12.6. The Morgan fingerprint density at radius 2 is 1.63 bits per heavy atom. The predicted molar refractivity (Wildman–Crippen MR) is 141 cm³/mol. The molecule has 8 nitrogen and oxygen atoms in total. The van der Waals surface area contributed by atoms with Gasteiger partial charge < -0.3 is 14.8 Å². The molecule has 1 heterocycles. The fourth-order valence-corrected chi connectivity index (χ4v) is 5.38. The number of imide groups is 1. The summed E-state index contributed by atoms with van der Waals surface area (Å²) in [7, 11) is 1.49. The highest BCUT2D eigenvalue weighted by Crippen LogP contribution is 2.45. The van der Waals surface area contributed by atoms with E-state index >= 15 is 0 Å². The quantitative estimate of drug-likeness (QED) is 0.368. The van der Waals surface area contributed by atoms with Crippen molar-refractivity contribution < 1.29 is 28.7 Å². The van der Waals surface area contributed by atoms with Crippen molar-refractivity contribution >= 4 is 35.1 Å². The molecule has 8 heteroatoms. The maximum Gasteiger partial charge on any atom is 0.338 e. The normalized spacial score (nSPS) is 20.6. The number of hydrogen-bond donors (Lipinski definition) is 1. The second kappa shape index (κ2) is 10.9. The molecule has 1 saturated heterocycles. The first-order valence-electron chi connectivity index (χ1n) is 12.6. The van der Waals surface area contributed by atoms with E-state index in [4.69, 9.17) is 9.47 Å². The van der Waals surface area contributed by atoms with Gasteiger partial charge in [-0.25, -0.2) is 4.79 Å². The Hall–Kier alpha value is -4.46. The number of benzene rings is 3. The Morgan fingerprint density at radius 3 is 2.42 bits per heavy atom. The number of carbonyl (C=O) groups is 4. The van der Waals surface area contributed by atoms with Crippen LogP contribution in [0.3, 0.4) is 0 Å². The van der Waals surface area contributed by atoms with Crippen LogP contribution in [0.15, 0.2) is 78.9 Å². The van der Waals surface area contributed by atoms with Gasteiger partial charge in [0.2, 0.25) is 11.8 Å². The molecule has 1 N–H and O–H groups in total. The zero-order chi connectivity index (χ0) is 26.6. The minimum absolute atomic E-state index is 0.144.